The molecule has 0 radical (unpaired) electrons. The first-order chi connectivity index (χ1) is 12.9. The third-order valence-electron chi connectivity index (χ3n) is 6.71. The Labute approximate surface area is 164 Å². The van der Waals surface area contributed by atoms with Crippen LogP contribution in [-0.4, -0.2) is 24.6 Å². The Hall–Kier alpha value is -0.0800. The molecule has 3 aliphatic heterocycles. The fourth-order valence-electron chi connectivity index (χ4n) is 4.91. The first kappa shape index (κ1) is 22.2. The predicted octanol–water partition coefficient (Wildman–Crippen LogP) is 7.24. The van der Waals surface area contributed by atoms with Gasteiger partial charge in [0, 0.05) is 19.6 Å². The maximum atomic E-state index is 3.77. The highest BCUT2D eigenvalue weighted by Gasteiger charge is 2.10. The molecule has 2 heteroatoms. The average Bonchev–Trinajstić information content (AvgIpc) is 2.65. The summed E-state index contributed by atoms with van der Waals surface area (Å²) in [5.41, 5.74) is 3.77. The molecule has 0 unspecified atom stereocenters. The van der Waals surface area contributed by atoms with Gasteiger partial charge in [0.25, 0.3) is 0 Å². The van der Waals surface area contributed by atoms with Crippen molar-refractivity contribution in [1.82, 2.24) is 10.4 Å². The van der Waals surface area contributed by atoms with Crippen molar-refractivity contribution in [3.8, 4) is 0 Å². The Bertz CT molecular complexity index is 227. The molecule has 26 heavy (non-hydrogen) atoms. The summed E-state index contributed by atoms with van der Waals surface area (Å²) >= 11 is 0. The van der Waals surface area contributed by atoms with Crippen molar-refractivity contribution in [2.75, 3.05) is 19.6 Å². The van der Waals surface area contributed by atoms with Crippen molar-refractivity contribution in [1.29, 1.82) is 0 Å². The molecule has 0 saturated carbocycles. The normalized spacial score (nSPS) is 30.5. The molecule has 154 valence electrons. The summed E-state index contributed by atoms with van der Waals surface area (Å²) < 4.78 is 0. The van der Waals surface area contributed by atoms with E-state index in [0.29, 0.717) is 0 Å². The minimum atomic E-state index is 1.04. The van der Waals surface area contributed by atoms with E-state index >= 15 is 0 Å². The molecule has 3 saturated heterocycles. The van der Waals surface area contributed by atoms with Gasteiger partial charge in [-0.15, -0.1) is 0 Å². The van der Waals surface area contributed by atoms with E-state index in [1.807, 2.05) is 0 Å². The van der Waals surface area contributed by atoms with Gasteiger partial charge in [-0.1, -0.05) is 109 Å². The molecule has 0 aromatic rings. The summed E-state index contributed by atoms with van der Waals surface area (Å²) in [6.07, 6.45) is 29.2. The van der Waals surface area contributed by atoms with Gasteiger partial charge < -0.3 is 0 Å². The molecule has 0 aliphatic carbocycles. The zero-order valence-corrected chi connectivity index (χ0v) is 17.8. The van der Waals surface area contributed by atoms with E-state index in [4.69, 9.17) is 0 Å². The lowest BCUT2D eigenvalue weighted by atomic mass is 9.89. The van der Waals surface area contributed by atoms with Crippen LogP contribution < -0.4 is 5.43 Å². The van der Waals surface area contributed by atoms with Crippen LogP contribution in [0.15, 0.2) is 0 Å². The fourth-order valence-corrected chi connectivity index (χ4v) is 4.91. The first-order valence-electron chi connectivity index (χ1n) is 12.4. The second-order valence-corrected chi connectivity index (χ2v) is 9.14. The first-order valence-corrected chi connectivity index (χ1v) is 12.4. The number of hydrogen-bond donors (Lipinski definition) is 1. The van der Waals surface area contributed by atoms with Crippen molar-refractivity contribution >= 4 is 0 Å². The number of hydrazine groups is 1. The highest BCUT2D eigenvalue weighted by Crippen LogP contribution is 2.25. The van der Waals surface area contributed by atoms with E-state index in [9.17, 15) is 0 Å². The summed E-state index contributed by atoms with van der Waals surface area (Å²) in [4.78, 5) is 0. The predicted molar refractivity (Wildman–Crippen MR) is 115 cm³/mol. The second-order valence-electron chi connectivity index (χ2n) is 9.14. The monoisotopic (exact) mass is 364 g/mol. The Morgan fingerprint density at radius 2 is 0.808 bits per heavy atom. The van der Waals surface area contributed by atoms with E-state index in [2.05, 4.69) is 10.4 Å². The van der Waals surface area contributed by atoms with Gasteiger partial charge in [-0.25, -0.2) is 5.01 Å². The second kappa shape index (κ2) is 15.9. The summed E-state index contributed by atoms with van der Waals surface area (Å²) in [5, 5.41) is 2.57. The smallest absolute Gasteiger partial charge is 0.0130 e. The van der Waals surface area contributed by atoms with Crippen molar-refractivity contribution in [3.05, 3.63) is 0 Å². The number of nitrogens with zero attached hydrogens (tertiary/aromatic N) is 1. The molecule has 3 heterocycles. The summed E-state index contributed by atoms with van der Waals surface area (Å²) in [5.74, 6) is 1.04. The topological polar surface area (TPSA) is 15.3 Å². The molecule has 0 amide bonds. The molecule has 0 aromatic carbocycles. The van der Waals surface area contributed by atoms with Crippen molar-refractivity contribution < 1.29 is 0 Å². The van der Waals surface area contributed by atoms with E-state index in [1.54, 1.807) is 0 Å². The van der Waals surface area contributed by atoms with E-state index < -0.39 is 0 Å². The van der Waals surface area contributed by atoms with Gasteiger partial charge in [0.15, 0.2) is 0 Å². The van der Waals surface area contributed by atoms with Gasteiger partial charge in [0.05, 0.1) is 0 Å². The molecule has 2 nitrogen and oxygen atoms in total. The lowest BCUT2D eigenvalue weighted by Crippen LogP contribution is -2.40. The lowest BCUT2D eigenvalue weighted by Gasteiger charge is -2.24. The zero-order valence-electron chi connectivity index (χ0n) is 17.8. The van der Waals surface area contributed by atoms with Gasteiger partial charge >= 0.3 is 0 Å². The van der Waals surface area contributed by atoms with Crippen LogP contribution in [0.1, 0.15) is 128 Å². The third kappa shape index (κ3) is 11.6. The Balaban J connectivity index is 1.87. The Morgan fingerprint density at radius 3 is 1.31 bits per heavy atom. The molecule has 3 rings (SSSR count). The molecule has 0 spiro atoms. The van der Waals surface area contributed by atoms with Crippen molar-refractivity contribution in [2.24, 2.45) is 5.92 Å². The highest BCUT2D eigenvalue weighted by atomic mass is 15.5. The van der Waals surface area contributed by atoms with Gasteiger partial charge in [-0.3, -0.25) is 5.43 Å². The van der Waals surface area contributed by atoms with E-state index in [0.717, 1.165) is 5.92 Å². The van der Waals surface area contributed by atoms with Crippen LogP contribution in [0.3, 0.4) is 0 Å². The summed E-state index contributed by atoms with van der Waals surface area (Å²) in [6.45, 7) is 3.73. The van der Waals surface area contributed by atoms with Crippen LogP contribution in [0.4, 0.5) is 0 Å². The average molecular weight is 365 g/mol. The van der Waals surface area contributed by atoms with Crippen LogP contribution in [-0.2, 0) is 0 Å². The van der Waals surface area contributed by atoms with Crippen molar-refractivity contribution in [3.63, 3.8) is 0 Å². The largest absolute Gasteiger partial charge is 0.255 e. The van der Waals surface area contributed by atoms with Gasteiger partial charge in [0.1, 0.15) is 0 Å². The molecule has 0 atom stereocenters. The number of nitrogens with one attached hydrogen (secondary N) is 1. The minimum absolute atomic E-state index is 1.04. The van der Waals surface area contributed by atoms with Crippen LogP contribution >= 0.6 is 0 Å². The van der Waals surface area contributed by atoms with Gasteiger partial charge in [0.2, 0.25) is 0 Å². The molecule has 3 aliphatic rings. The highest BCUT2D eigenvalue weighted by molar-refractivity contribution is 4.63. The molecular formula is C24H48N2. The minimum Gasteiger partial charge on any atom is -0.255 e. The Morgan fingerprint density at radius 1 is 0.423 bits per heavy atom. The van der Waals surface area contributed by atoms with E-state index in [1.165, 1.54) is 148 Å². The summed E-state index contributed by atoms with van der Waals surface area (Å²) in [6, 6.07) is 0. The Kier molecular flexibility index (Phi) is 13.6. The van der Waals surface area contributed by atoms with Gasteiger partial charge in [-0.2, -0.15) is 0 Å². The quantitative estimate of drug-likeness (QED) is 0.487. The van der Waals surface area contributed by atoms with Crippen LogP contribution in [0.5, 0.6) is 0 Å². The molecule has 1 N–H and O–H groups in total. The lowest BCUT2D eigenvalue weighted by molar-refractivity contribution is 0.177. The third-order valence-corrected chi connectivity index (χ3v) is 6.71. The van der Waals surface area contributed by atoms with Crippen LogP contribution in [0, 0.1) is 5.92 Å². The van der Waals surface area contributed by atoms with Crippen LogP contribution in [0.2, 0.25) is 0 Å². The maximum Gasteiger partial charge on any atom is 0.0130 e. The SMILES string of the molecule is C1CCCCN2CCCCCCCCC(CCC1)CCCCCCCN2. The summed E-state index contributed by atoms with van der Waals surface area (Å²) in [7, 11) is 0. The fraction of sp³-hybridized carbons (Fsp3) is 1.00. The zero-order chi connectivity index (χ0) is 18.1. The van der Waals surface area contributed by atoms with Crippen LogP contribution in [0.25, 0.3) is 0 Å². The van der Waals surface area contributed by atoms with Gasteiger partial charge in [-0.05, 0) is 25.2 Å². The standard InChI is InChI=1S/C24H48N2/c1-3-10-16-22-26-23-17-11-4-2-7-13-19-24(18-12-6-1)20-14-8-5-9-15-21-25-26/h24-25H,1-23H2. The molecule has 2 bridgehead atoms. The number of rotatable bonds is 0. The molecule has 0 aromatic heterocycles. The molecule has 3 fully saturated rings. The van der Waals surface area contributed by atoms with E-state index in [-0.39, 0.29) is 0 Å². The molecular weight excluding hydrogens is 316 g/mol. The maximum absolute atomic E-state index is 3.77. The number of hydrogen-bond acceptors (Lipinski definition) is 2. The van der Waals surface area contributed by atoms with Crippen molar-refractivity contribution in [2.45, 2.75) is 128 Å². The number of fused-ring (bicyclic) bond motifs is 21.